The third kappa shape index (κ3) is 4.01. The fourth-order valence-corrected chi connectivity index (χ4v) is 2.28. The second-order valence-corrected chi connectivity index (χ2v) is 5.10. The number of benzene rings is 1. The van der Waals surface area contributed by atoms with Gasteiger partial charge in [-0.05, 0) is 31.5 Å². The Morgan fingerprint density at radius 1 is 1.58 bits per heavy atom. The van der Waals surface area contributed by atoms with Crippen molar-refractivity contribution in [1.29, 1.82) is 0 Å². The Bertz CT molecular complexity index is 464. The van der Waals surface area contributed by atoms with E-state index >= 15 is 0 Å². The van der Waals surface area contributed by atoms with Gasteiger partial charge < -0.3 is 10.6 Å². The fourth-order valence-electron chi connectivity index (χ4n) is 2.28. The molecule has 1 atom stereocenters. The third-order valence-electron chi connectivity index (χ3n) is 3.29. The van der Waals surface area contributed by atoms with E-state index in [-0.39, 0.29) is 11.7 Å². The van der Waals surface area contributed by atoms with Crippen LogP contribution in [0.1, 0.15) is 12.5 Å². The van der Waals surface area contributed by atoms with E-state index in [4.69, 9.17) is 0 Å². The van der Waals surface area contributed by atoms with Gasteiger partial charge in [0.15, 0.2) is 0 Å². The zero-order valence-corrected chi connectivity index (χ0v) is 11.4. The van der Waals surface area contributed by atoms with E-state index in [0.29, 0.717) is 18.3 Å². The van der Waals surface area contributed by atoms with Crippen molar-refractivity contribution in [1.82, 2.24) is 10.2 Å². The van der Waals surface area contributed by atoms with Crippen LogP contribution in [0.15, 0.2) is 18.2 Å². The van der Waals surface area contributed by atoms with E-state index < -0.39 is 0 Å². The highest BCUT2D eigenvalue weighted by atomic mass is 19.1. The Morgan fingerprint density at radius 2 is 2.37 bits per heavy atom. The zero-order chi connectivity index (χ0) is 13.8. The number of anilines is 1. The first-order valence-corrected chi connectivity index (χ1v) is 6.56. The maximum Gasteiger partial charge on any atom is 0.238 e. The molecule has 1 amide bonds. The highest BCUT2D eigenvalue weighted by molar-refractivity contribution is 5.92. The molecule has 1 saturated heterocycles. The highest BCUT2D eigenvalue weighted by Crippen LogP contribution is 2.15. The van der Waals surface area contributed by atoms with Crippen LogP contribution in [0.3, 0.4) is 0 Å². The number of nitrogens with zero attached hydrogens (tertiary/aromatic N) is 1. The van der Waals surface area contributed by atoms with E-state index in [9.17, 15) is 9.18 Å². The standard InChI is InChI=1S/C14H20FN3O/c1-10-3-4-12(15)7-13(10)17-14(19)9-18-6-5-16-11(2)8-18/h3-4,7,11,16H,5-6,8-9H2,1-2H3,(H,17,19)/t11-/m0/s1. The molecule has 0 unspecified atom stereocenters. The minimum Gasteiger partial charge on any atom is -0.325 e. The Labute approximate surface area is 113 Å². The first kappa shape index (κ1) is 14.0. The number of carbonyl (C=O) groups excluding carboxylic acids is 1. The van der Waals surface area contributed by atoms with E-state index in [2.05, 4.69) is 22.5 Å². The van der Waals surface area contributed by atoms with Gasteiger partial charge in [0.25, 0.3) is 0 Å². The second-order valence-electron chi connectivity index (χ2n) is 5.10. The van der Waals surface area contributed by atoms with Gasteiger partial charge in [-0.2, -0.15) is 0 Å². The number of hydrogen-bond acceptors (Lipinski definition) is 3. The molecule has 1 aliphatic rings. The van der Waals surface area contributed by atoms with Crippen molar-refractivity contribution in [2.24, 2.45) is 0 Å². The molecule has 0 saturated carbocycles. The number of piperazine rings is 1. The van der Waals surface area contributed by atoms with Crippen molar-refractivity contribution in [2.45, 2.75) is 19.9 Å². The second kappa shape index (κ2) is 6.12. The molecule has 0 radical (unpaired) electrons. The fraction of sp³-hybridized carbons (Fsp3) is 0.500. The minimum atomic E-state index is -0.336. The number of carbonyl (C=O) groups is 1. The van der Waals surface area contributed by atoms with Crippen molar-refractivity contribution in [3.8, 4) is 0 Å². The number of amides is 1. The van der Waals surface area contributed by atoms with Crippen LogP contribution in [-0.2, 0) is 4.79 Å². The summed E-state index contributed by atoms with van der Waals surface area (Å²) < 4.78 is 13.1. The van der Waals surface area contributed by atoms with Gasteiger partial charge in [0, 0.05) is 31.4 Å². The van der Waals surface area contributed by atoms with Gasteiger partial charge in [-0.15, -0.1) is 0 Å². The summed E-state index contributed by atoms with van der Waals surface area (Å²) in [5, 5.41) is 6.10. The number of halogens is 1. The molecule has 2 rings (SSSR count). The lowest BCUT2D eigenvalue weighted by atomic mass is 10.2. The van der Waals surface area contributed by atoms with E-state index in [1.54, 1.807) is 6.07 Å². The van der Waals surface area contributed by atoms with Crippen LogP contribution in [0, 0.1) is 12.7 Å². The predicted molar refractivity (Wildman–Crippen MR) is 73.7 cm³/mol. The summed E-state index contributed by atoms with van der Waals surface area (Å²) in [4.78, 5) is 14.1. The molecule has 19 heavy (non-hydrogen) atoms. The number of rotatable bonds is 3. The van der Waals surface area contributed by atoms with Crippen LogP contribution < -0.4 is 10.6 Å². The molecule has 2 N–H and O–H groups in total. The van der Waals surface area contributed by atoms with Crippen LogP contribution >= 0.6 is 0 Å². The van der Waals surface area contributed by atoms with Crippen molar-refractivity contribution in [3.63, 3.8) is 0 Å². The van der Waals surface area contributed by atoms with Crippen LogP contribution in [0.2, 0.25) is 0 Å². The van der Waals surface area contributed by atoms with Gasteiger partial charge in [0.1, 0.15) is 5.82 Å². The molecular formula is C14H20FN3O. The Kier molecular flexibility index (Phi) is 4.50. The molecule has 5 heteroatoms. The molecule has 104 valence electrons. The highest BCUT2D eigenvalue weighted by Gasteiger charge is 2.18. The Morgan fingerprint density at radius 3 is 3.11 bits per heavy atom. The van der Waals surface area contributed by atoms with Gasteiger partial charge in [0.2, 0.25) is 5.91 Å². The van der Waals surface area contributed by atoms with Crippen molar-refractivity contribution in [3.05, 3.63) is 29.6 Å². The summed E-state index contributed by atoms with van der Waals surface area (Å²) in [5.74, 6) is -0.431. The van der Waals surface area contributed by atoms with Crippen molar-refractivity contribution >= 4 is 11.6 Å². The summed E-state index contributed by atoms with van der Waals surface area (Å²) in [7, 11) is 0. The zero-order valence-electron chi connectivity index (χ0n) is 11.4. The summed E-state index contributed by atoms with van der Waals surface area (Å²) in [6.07, 6.45) is 0. The van der Waals surface area contributed by atoms with Gasteiger partial charge in [-0.3, -0.25) is 9.69 Å². The first-order chi connectivity index (χ1) is 9.04. The van der Waals surface area contributed by atoms with Gasteiger partial charge in [-0.1, -0.05) is 6.07 Å². The van der Waals surface area contributed by atoms with E-state index in [0.717, 1.165) is 25.2 Å². The summed E-state index contributed by atoms with van der Waals surface area (Å²) in [6, 6.07) is 4.81. The Balaban J connectivity index is 1.92. The van der Waals surface area contributed by atoms with Gasteiger partial charge in [-0.25, -0.2) is 4.39 Å². The lowest BCUT2D eigenvalue weighted by Crippen LogP contribution is -2.51. The predicted octanol–water partition coefficient (Wildman–Crippen LogP) is 1.37. The molecule has 4 nitrogen and oxygen atoms in total. The molecule has 1 aliphatic heterocycles. The average Bonchev–Trinajstić information content (AvgIpc) is 2.34. The minimum absolute atomic E-state index is 0.0946. The van der Waals surface area contributed by atoms with Crippen LogP contribution in [0.25, 0.3) is 0 Å². The monoisotopic (exact) mass is 265 g/mol. The summed E-state index contributed by atoms with van der Waals surface area (Å²) >= 11 is 0. The van der Waals surface area contributed by atoms with Crippen LogP contribution in [0.4, 0.5) is 10.1 Å². The molecule has 1 aromatic carbocycles. The maximum absolute atomic E-state index is 13.1. The molecule has 0 spiro atoms. The summed E-state index contributed by atoms with van der Waals surface area (Å²) in [5.41, 5.74) is 1.41. The average molecular weight is 265 g/mol. The Hall–Kier alpha value is -1.46. The lowest BCUT2D eigenvalue weighted by molar-refractivity contribution is -0.117. The quantitative estimate of drug-likeness (QED) is 0.867. The van der Waals surface area contributed by atoms with Gasteiger partial charge in [0.05, 0.1) is 6.54 Å². The van der Waals surface area contributed by atoms with E-state index in [1.807, 2.05) is 6.92 Å². The molecular weight excluding hydrogens is 245 g/mol. The molecule has 1 aromatic rings. The maximum atomic E-state index is 13.1. The normalized spacial score (nSPS) is 20.3. The number of hydrogen-bond donors (Lipinski definition) is 2. The molecule has 1 fully saturated rings. The SMILES string of the molecule is Cc1ccc(F)cc1NC(=O)CN1CCN[C@@H](C)C1. The molecule has 0 aromatic heterocycles. The first-order valence-electron chi connectivity index (χ1n) is 6.56. The van der Waals surface area contributed by atoms with E-state index in [1.165, 1.54) is 12.1 Å². The molecule has 0 aliphatic carbocycles. The van der Waals surface area contributed by atoms with Crippen molar-refractivity contribution < 1.29 is 9.18 Å². The number of aryl methyl sites for hydroxylation is 1. The van der Waals surface area contributed by atoms with Crippen LogP contribution in [0.5, 0.6) is 0 Å². The third-order valence-corrected chi connectivity index (χ3v) is 3.29. The van der Waals surface area contributed by atoms with Crippen molar-refractivity contribution in [2.75, 3.05) is 31.5 Å². The largest absolute Gasteiger partial charge is 0.325 e. The molecule has 0 bridgehead atoms. The summed E-state index contributed by atoms with van der Waals surface area (Å²) in [6.45, 7) is 6.91. The smallest absolute Gasteiger partial charge is 0.238 e. The molecule has 1 heterocycles. The number of nitrogens with one attached hydrogen (secondary N) is 2. The lowest BCUT2D eigenvalue weighted by Gasteiger charge is -2.31. The van der Waals surface area contributed by atoms with Gasteiger partial charge >= 0.3 is 0 Å². The topological polar surface area (TPSA) is 44.4 Å². The van der Waals surface area contributed by atoms with Crippen LogP contribution in [-0.4, -0.2) is 43.0 Å².